The van der Waals surface area contributed by atoms with Gasteiger partial charge in [0.15, 0.2) is 5.75 Å². The molecule has 16 heteroatoms. The van der Waals surface area contributed by atoms with Gasteiger partial charge in [-0.1, -0.05) is 6.92 Å². The Morgan fingerprint density at radius 1 is 1.06 bits per heavy atom. The van der Waals surface area contributed by atoms with Gasteiger partial charge < -0.3 is 24.8 Å². The van der Waals surface area contributed by atoms with E-state index in [0.717, 1.165) is 0 Å². The predicted octanol–water partition coefficient (Wildman–Crippen LogP) is 6.55. The normalized spacial score (nSPS) is 19.7. The summed E-state index contributed by atoms with van der Waals surface area (Å²) in [5.41, 5.74) is -2.08. The van der Waals surface area contributed by atoms with E-state index in [1.807, 2.05) is 6.92 Å². The summed E-state index contributed by atoms with van der Waals surface area (Å²) in [4.78, 5) is 28.0. The maximum Gasteiger partial charge on any atom is 0.416 e. The molecule has 0 aliphatic carbocycles. The zero-order valence-corrected chi connectivity index (χ0v) is 25.8. The van der Waals surface area contributed by atoms with Gasteiger partial charge in [-0.2, -0.15) is 26.3 Å². The number of methoxy groups -OCH3 is 1. The largest absolute Gasteiger partial charge is 0.485 e. The minimum absolute atomic E-state index is 0.0416. The molecule has 1 amide bonds. The Bertz CT molecular complexity index is 1550. The van der Waals surface area contributed by atoms with Gasteiger partial charge in [0, 0.05) is 25.1 Å². The third-order valence-corrected chi connectivity index (χ3v) is 7.94. The van der Waals surface area contributed by atoms with Crippen molar-refractivity contribution in [1.29, 1.82) is 0 Å². The van der Waals surface area contributed by atoms with Crippen LogP contribution >= 0.6 is 0 Å². The lowest BCUT2D eigenvalue weighted by Gasteiger charge is -2.39. The summed E-state index contributed by atoms with van der Waals surface area (Å²) in [5.74, 6) is 0.466. The van der Waals surface area contributed by atoms with Gasteiger partial charge in [0.05, 0.1) is 54.2 Å². The van der Waals surface area contributed by atoms with E-state index in [4.69, 9.17) is 14.2 Å². The van der Waals surface area contributed by atoms with Gasteiger partial charge in [0.25, 0.3) is 0 Å². The van der Waals surface area contributed by atoms with Crippen molar-refractivity contribution in [2.75, 3.05) is 37.0 Å². The van der Waals surface area contributed by atoms with Crippen molar-refractivity contribution in [3.8, 4) is 11.6 Å². The lowest BCUT2D eigenvalue weighted by atomic mass is 9.93. The highest BCUT2D eigenvalue weighted by Gasteiger charge is 2.39. The summed E-state index contributed by atoms with van der Waals surface area (Å²) in [6.45, 7) is 4.98. The molecular formula is C31H34F6N6O4. The van der Waals surface area contributed by atoms with Crippen LogP contribution < -0.4 is 25.0 Å². The number of amides is 1. The number of nitrogens with one attached hydrogen (secondary N) is 2. The van der Waals surface area contributed by atoms with E-state index in [-0.39, 0.29) is 53.7 Å². The number of aromatic nitrogens is 3. The quantitative estimate of drug-likeness (QED) is 0.246. The van der Waals surface area contributed by atoms with Crippen LogP contribution in [0.15, 0.2) is 36.5 Å². The molecule has 0 spiro atoms. The summed E-state index contributed by atoms with van der Waals surface area (Å²) < 4.78 is 98.4. The molecule has 5 rings (SSSR count). The third kappa shape index (κ3) is 7.80. The van der Waals surface area contributed by atoms with Crippen LogP contribution in [0.3, 0.4) is 0 Å². The van der Waals surface area contributed by atoms with Crippen molar-refractivity contribution >= 4 is 17.7 Å². The molecule has 3 atom stereocenters. The number of anilines is 2. The Hall–Kier alpha value is -4.34. The first-order valence-electron chi connectivity index (χ1n) is 15.1. The number of carbonyl (C=O) groups is 1. The fourth-order valence-corrected chi connectivity index (χ4v) is 5.71. The number of fused-ring (bicyclic) bond motifs is 1. The molecule has 2 aliphatic rings. The van der Waals surface area contributed by atoms with Gasteiger partial charge in [-0.05, 0) is 62.6 Å². The molecule has 2 aliphatic heterocycles. The molecule has 0 saturated carbocycles. The van der Waals surface area contributed by atoms with Crippen molar-refractivity contribution in [2.45, 2.75) is 70.1 Å². The van der Waals surface area contributed by atoms with Crippen molar-refractivity contribution in [3.63, 3.8) is 0 Å². The number of hydrogen-bond acceptors (Lipinski definition) is 9. The van der Waals surface area contributed by atoms with Gasteiger partial charge in [-0.25, -0.2) is 19.7 Å². The Kier molecular flexibility index (Phi) is 9.98. The minimum atomic E-state index is -5.00. The van der Waals surface area contributed by atoms with Gasteiger partial charge in [0.2, 0.25) is 11.8 Å². The van der Waals surface area contributed by atoms with Gasteiger partial charge >= 0.3 is 18.4 Å². The van der Waals surface area contributed by atoms with E-state index in [1.54, 1.807) is 19.1 Å². The second-order valence-corrected chi connectivity index (χ2v) is 11.1. The number of hydrogen-bond donors (Lipinski definition) is 2. The first-order valence-corrected chi connectivity index (χ1v) is 15.1. The number of pyridine rings is 1. The Balaban J connectivity index is 1.53. The summed E-state index contributed by atoms with van der Waals surface area (Å²) in [5, 5.41) is 6.36. The van der Waals surface area contributed by atoms with E-state index in [0.29, 0.717) is 55.9 Å². The number of benzene rings is 1. The number of alkyl halides is 6. The molecule has 1 saturated heterocycles. The smallest absolute Gasteiger partial charge is 0.416 e. The van der Waals surface area contributed by atoms with Crippen LogP contribution in [0.25, 0.3) is 0 Å². The molecule has 0 unspecified atom stereocenters. The first-order chi connectivity index (χ1) is 22.3. The van der Waals surface area contributed by atoms with Crippen LogP contribution in [0, 0.1) is 0 Å². The van der Waals surface area contributed by atoms with Crippen LogP contribution in [0.4, 0.5) is 42.8 Å². The van der Waals surface area contributed by atoms with Crippen molar-refractivity contribution in [1.82, 2.24) is 20.3 Å². The second kappa shape index (κ2) is 13.8. The molecular weight excluding hydrogens is 634 g/mol. The third-order valence-electron chi connectivity index (χ3n) is 7.94. The van der Waals surface area contributed by atoms with Crippen molar-refractivity contribution in [2.24, 2.45) is 0 Å². The Labute approximate surface area is 266 Å². The van der Waals surface area contributed by atoms with Crippen LogP contribution in [0.2, 0.25) is 0 Å². The molecule has 2 aromatic heterocycles. The van der Waals surface area contributed by atoms with Crippen LogP contribution in [-0.2, 0) is 23.5 Å². The molecule has 4 heterocycles. The van der Waals surface area contributed by atoms with Crippen molar-refractivity contribution in [3.05, 3.63) is 64.6 Å². The molecule has 1 aromatic carbocycles. The lowest BCUT2D eigenvalue weighted by molar-refractivity contribution is -0.143. The minimum Gasteiger partial charge on any atom is -0.485 e. The van der Waals surface area contributed by atoms with E-state index < -0.39 is 42.0 Å². The van der Waals surface area contributed by atoms with E-state index >= 15 is 0 Å². The highest BCUT2D eigenvalue weighted by Crippen LogP contribution is 2.41. The fourth-order valence-electron chi connectivity index (χ4n) is 5.71. The summed E-state index contributed by atoms with van der Waals surface area (Å²) in [6, 6.07) is 3.88. The zero-order valence-electron chi connectivity index (χ0n) is 25.8. The summed E-state index contributed by atoms with van der Waals surface area (Å²) in [6.07, 6.45) is -8.31. The van der Waals surface area contributed by atoms with Crippen LogP contribution in [0.5, 0.6) is 11.6 Å². The Morgan fingerprint density at radius 2 is 1.79 bits per heavy atom. The van der Waals surface area contributed by atoms with E-state index in [2.05, 4.69) is 25.6 Å². The van der Waals surface area contributed by atoms with Gasteiger partial charge in [0.1, 0.15) is 6.10 Å². The monoisotopic (exact) mass is 668 g/mol. The number of nitrogens with zero attached hydrogens (tertiary/aromatic N) is 4. The summed E-state index contributed by atoms with van der Waals surface area (Å²) >= 11 is 0. The maximum atomic E-state index is 13.6. The summed E-state index contributed by atoms with van der Waals surface area (Å²) in [7, 11) is 1.45. The molecule has 0 radical (unpaired) electrons. The molecule has 47 heavy (non-hydrogen) atoms. The first kappa shape index (κ1) is 34.0. The number of rotatable bonds is 9. The molecule has 10 nitrogen and oxygen atoms in total. The maximum absolute atomic E-state index is 13.6. The average Bonchev–Trinajstić information content (AvgIpc) is 3.54. The molecule has 254 valence electrons. The van der Waals surface area contributed by atoms with Gasteiger partial charge in [-0.15, -0.1) is 0 Å². The number of halogens is 6. The average molecular weight is 669 g/mol. The number of carbonyl (C=O) groups excluding carboxylic acids is 1. The Morgan fingerprint density at radius 3 is 2.38 bits per heavy atom. The van der Waals surface area contributed by atoms with Gasteiger partial charge in [-0.3, -0.25) is 4.90 Å². The van der Waals surface area contributed by atoms with Crippen molar-refractivity contribution < 1.29 is 45.3 Å². The van der Waals surface area contributed by atoms with Crippen LogP contribution in [0.1, 0.15) is 67.2 Å². The van der Waals surface area contributed by atoms with E-state index in [1.165, 1.54) is 18.2 Å². The topological polar surface area (TPSA) is 111 Å². The molecule has 1 fully saturated rings. The highest BCUT2D eigenvalue weighted by atomic mass is 19.4. The highest BCUT2D eigenvalue weighted by molar-refractivity contribution is 5.90. The fraction of sp³-hybridized carbons (Fsp3) is 0.484. The molecule has 0 bridgehead atoms. The second-order valence-electron chi connectivity index (χ2n) is 11.1. The van der Waals surface area contributed by atoms with E-state index in [9.17, 15) is 31.1 Å². The SMILES string of the molecule is CCOC(=O)N1c2ccc(OC)nc2[C@@H](Nc2ncc(O[C@H]3CCNC3)c(Cc3cc(C(F)(F)F)cc(C(F)(F)F)c3)n2)C[C@H]1CC. The van der Waals surface area contributed by atoms with Crippen LogP contribution in [-0.4, -0.2) is 60.0 Å². The number of ether oxygens (including phenoxy) is 3. The predicted molar refractivity (Wildman–Crippen MR) is 159 cm³/mol. The lowest BCUT2D eigenvalue weighted by Crippen LogP contribution is -2.46. The zero-order chi connectivity index (χ0) is 33.9. The standard InChI is InChI=1S/C31H34F6N6O4/c1-4-20-14-23(27-24(6-7-26(42-27)45-3)43(20)29(44)46-5-2)41-28-39-16-25(47-21-8-9-38-15-21)22(40-28)12-17-10-18(30(32,33)34)13-19(11-17)31(35,36)37/h6-7,10-11,13,16,20-21,23,38H,4-5,8-9,12,14-15H2,1-3H3,(H,39,40,41)/t20-,21+,23+/m1/s1. The molecule has 2 N–H and O–H groups in total. The molecule has 3 aromatic rings.